The number of rotatable bonds is 1. The van der Waals surface area contributed by atoms with Crippen molar-refractivity contribution in [1.29, 1.82) is 0 Å². The average molecular weight is 268 g/mol. The molecule has 1 aromatic carbocycles. The molecule has 0 saturated carbocycles. The predicted octanol–water partition coefficient (Wildman–Crippen LogP) is 2.27. The van der Waals surface area contributed by atoms with Crippen LogP contribution in [0, 0.1) is 5.82 Å². The van der Waals surface area contributed by atoms with Crippen LogP contribution in [0.25, 0.3) is 0 Å². The van der Waals surface area contributed by atoms with Crippen LogP contribution >= 0.6 is 15.9 Å². The minimum atomic E-state index is -0.481. The molecule has 0 aliphatic rings. The summed E-state index contributed by atoms with van der Waals surface area (Å²) in [7, 11) is 0. The minimum absolute atomic E-state index is 0. The van der Waals surface area contributed by atoms with Gasteiger partial charge in [-0.05, 0) is 10.7 Å². The molecule has 0 unspecified atom stereocenters. The molecule has 0 heterocycles. The third-order valence-electron chi connectivity index (χ3n) is 1.12. The molecule has 0 atom stereocenters. The fourth-order valence-corrected chi connectivity index (χ4v) is 1.01. The van der Waals surface area contributed by atoms with Gasteiger partial charge in [0.15, 0.2) is 0 Å². The van der Waals surface area contributed by atoms with E-state index in [-0.39, 0.29) is 24.1 Å². The normalized spacial score (nSPS) is 9.83. The summed E-state index contributed by atoms with van der Waals surface area (Å²) in [5, 5.41) is 10.7. The molecule has 0 spiro atoms. The Hall–Kier alpha value is -0.316. The molecule has 1 aromatic rings. The van der Waals surface area contributed by atoms with Crippen molar-refractivity contribution in [1.82, 2.24) is 0 Å². The van der Waals surface area contributed by atoms with E-state index in [0.29, 0.717) is 4.47 Å². The fourth-order valence-electron chi connectivity index (χ4n) is 0.644. The van der Waals surface area contributed by atoms with Crippen LogP contribution in [0.3, 0.4) is 0 Å². The van der Waals surface area contributed by atoms with Gasteiger partial charge in [0.25, 0.3) is 0 Å². The zero-order valence-electron chi connectivity index (χ0n) is 5.83. The monoisotopic (exact) mass is 267 g/mol. The second-order valence-electron chi connectivity index (χ2n) is 1.81. The van der Waals surface area contributed by atoms with Crippen LogP contribution < -0.4 is 0 Å². The second kappa shape index (κ2) is 5.35. The van der Waals surface area contributed by atoms with Gasteiger partial charge in [0, 0.05) is 24.4 Å². The summed E-state index contributed by atoms with van der Waals surface area (Å²) in [5.41, 5.74) is 0.127. The smallest absolute Gasteiger partial charge is 0.0315 e. The van der Waals surface area contributed by atoms with Crippen LogP contribution in [-0.2, 0) is 18.6 Å². The van der Waals surface area contributed by atoms with Gasteiger partial charge in [-0.2, -0.15) is 11.2 Å². The predicted molar refractivity (Wildman–Crippen MR) is 42.4 cm³/mol. The van der Waals surface area contributed by atoms with Gasteiger partial charge in [-0.25, -0.2) is 0 Å². The summed E-state index contributed by atoms with van der Waals surface area (Å²) in [6.07, 6.45) is 2.09. The molecule has 12 heavy (non-hydrogen) atoms. The van der Waals surface area contributed by atoms with Gasteiger partial charge in [-0.15, -0.1) is 11.6 Å². The molecule has 1 N–H and O–H groups in total. The zero-order chi connectivity index (χ0) is 8.27. The van der Waals surface area contributed by atoms with Crippen LogP contribution in [0.15, 0.2) is 27.8 Å². The van der Waals surface area contributed by atoms with Crippen molar-refractivity contribution in [3.05, 3.63) is 34.1 Å². The minimum Gasteiger partial charge on any atom is -0.423 e. The molecule has 0 aliphatic carbocycles. The van der Waals surface area contributed by atoms with E-state index in [9.17, 15) is 4.39 Å². The molecule has 63 valence electrons. The van der Waals surface area contributed by atoms with Crippen molar-refractivity contribution in [2.75, 3.05) is 0 Å². The van der Waals surface area contributed by atoms with E-state index in [0.717, 1.165) is 0 Å². The molecule has 0 aliphatic heterocycles. The van der Waals surface area contributed by atoms with Crippen molar-refractivity contribution < 1.29 is 28.2 Å². The molecule has 2 nitrogen and oxygen atoms in total. The second-order valence-corrected chi connectivity index (χ2v) is 2.67. The van der Waals surface area contributed by atoms with Crippen molar-refractivity contribution in [2.45, 2.75) is 0 Å². The van der Waals surface area contributed by atoms with Crippen LogP contribution in [0.2, 0.25) is 0 Å². The molecule has 0 aromatic heterocycles. The number of benzene rings is 1. The summed E-state index contributed by atoms with van der Waals surface area (Å²) < 4.78 is 13.2. The van der Waals surface area contributed by atoms with Crippen molar-refractivity contribution in [3.63, 3.8) is 0 Å². The van der Waals surface area contributed by atoms with Gasteiger partial charge >= 0.3 is 0 Å². The van der Waals surface area contributed by atoms with Crippen LogP contribution in [0.1, 0.15) is 5.56 Å². The van der Waals surface area contributed by atoms with E-state index in [1.54, 1.807) is 12.1 Å². The van der Waals surface area contributed by atoms with E-state index in [1.165, 1.54) is 6.07 Å². The Morgan fingerprint density at radius 3 is 2.75 bits per heavy atom. The van der Waals surface area contributed by atoms with E-state index in [2.05, 4.69) is 27.3 Å². The largest absolute Gasteiger partial charge is 0.423 e. The molecule has 1 radical (unpaired) electrons. The Labute approximate surface area is 89.5 Å². The first-order valence-electron chi connectivity index (χ1n) is 2.80. The Morgan fingerprint density at radius 1 is 1.50 bits per heavy atom. The third-order valence-corrected chi connectivity index (χ3v) is 1.73. The Balaban J connectivity index is 0.00000121. The first-order chi connectivity index (χ1) is 5.25. The SMILES string of the molecule is ON=[C-]c1cccc(Br)c1F.[V]. The van der Waals surface area contributed by atoms with Gasteiger partial charge in [-0.1, -0.05) is 22.0 Å². The van der Waals surface area contributed by atoms with Gasteiger partial charge < -0.3 is 5.21 Å². The van der Waals surface area contributed by atoms with E-state index in [4.69, 9.17) is 5.21 Å². The van der Waals surface area contributed by atoms with Crippen molar-refractivity contribution in [2.24, 2.45) is 5.16 Å². The van der Waals surface area contributed by atoms with Crippen LogP contribution in [-0.4, -0.2) is 11.4 Å². The van der Waals surface area contributed by atoms with Crippen LogP contribution in [0.5, 0.6) is 0 Å². The van der Waals surface area contributed by atoms with Gasteiger partial charge in [0.05, 0.1) is 0 Å². The Morgan fingerprint density at radius 2 is 2.17 bits per heavy atom. The molecule has 1 rings (SSSR count). The number of hydrogen-bond acceptors (Lipinski definition) is 2. The molecule has 0 amide bonds. The maximum atomic E-state index is 12.9. The first kappa shape index (κ1) is 11.7. The Bertz CT molecular complexity index is 293. The fraction of sp³-hybridized carbons (Fsp3) is 0. The topological polar surface area (TPSA) is 32.6 Å². The van der Waals surface area contributed by atoms with Gasteiger partial charge in [0.2, 0.25) is 0 Å². The molecular formula is C7H4BrFNOV-. The quantitative estimate of drug-likeness (QED) is 0.360. The van der Waals surface area contributed by atoms with Gasteiger partial charge in [-0.3, -0.25) is 4.39 Å². The molecule has 5 heteroatoms. The summed E-state index contributed by atoms with van der Waals surface area (Å²) in [4.78, 5) is 0. The van der Waals surface area contributed by atoms with E-state index in [1.807, 2.05) is 0 Å². The summed E-state index contributed by atoms with van der Waals surface area (Å²) in [6, 6.07) is 4.64. The number of hydrogen-bond donors (Lipinski definition) is 1. The summed E-state index contributed by atoms with van der Waals surface area (Å²) in [6.45, 7) is 0. The van der Waals surface area contributed by atoms with E-state index >= 15 is 0 Å². The summed E-state index contributed by atoms with van der Waals surface area (Å²) in [5.74, 6) is -0.481. The first-order valence-corrected chi connectivity index (χ1v) is 3.59. The molecule has 0 fully saturated rings. The van der Waals surface area contributed by atoms with Gasteiger partial charge in [0.1, 0.15) is 0 Å². The standard InChI is InChI=1S/C7H4BrFNO.V/c8-6-3-1-2-5(4-10-11)7(6)9;/h1-3,11H;/q-1;. The molecule has 0 saturated heterocycles. The van der Waals surface area contributed by atoms with Crippen molar-refractivity contribution >= 4 is 22.1 Å². The zero-order valence-corrected chi connectivity index (χ0v) is 8.81. The van der Waals surface area contributed by atoms with Crippen LogP contribution in [0.4, 0.5) is 4.39 Å². The maximum Gasteiger partial charge on any atom is 0.0315 e. The van der Waals surface area contributed by atoms with Crippen molar-refractivity contribution in [3.8, 4) is 0 Å². The maximum absolute atomic E-state index is 12.9. The molecule has 0 bridgehead atoms. The van der Waals surface area contributed by atoms with E-state index < -0.39 is 5.82 Å². The molecular weight excluding hydrogens is 264 g/mol. The summed E-state index contributed by atoms with van der Waals surface area (Å²) >= 11 is 2.98. The number of halogens is 2. The number of nitrogens with zero attached hydrogens (tertiary/aromatic N) is 1. The third kappa shape index (κ3) is 2.62. The average Bonchev–Trinajstić information content (AvgIpc) is 1.99. The Kier molecular flexibility index (Phi) is 5.21.